The van der Waals surface area contributed by atoms with Crippen LogP contribution >= 0.6 is 15.9 Å². The van der Waals surface area contributed by atoms with Gasteiger partial charge in [-0.3, -0.25) is 0 Å². The van der Waals surface area contributed by atoms with Crippen LogP contribution in [0.15, 0.2) is 22.7 Å². The minimum absolute atomic E-state index is 0.195. The Morgan fingerprint density at radius 3 is 2.65 bits per heavy atom. The van der Waals surface area contributed by atoms with Crippen LogP contribution in [-0.4, -0.2) is 29.7 Å². The van der Waals surface area contributed by atoms with Crippen LogP contribution in [0.2, 0.25) is 0 Å². The Kier molecular flexibility index (Phi) is 4.20. The highest BCUT2D eigenvalue weighted by atomic mass is 79.9. The van der Waals surface area contributed by atoms with Crippen molar-refractivity contribution in [3.8, 4) is 0 Å². The summed E-state index contributed by atoms with van der Waals surface area (Å²) in [4.78, 5) is 13.9. The molecule has 1 atom stereocenters. The van der Waals surface area contributed by atoms with Crippen LogP contribution in [0.3, 0.4) is 0 Å². The number of carbonyl (C=O) groups excluding carboxylic acids is 1. The molecule has 0 bridgehead atoms. The number of ether oxygens (including phenoxy) is 1. The number of halogens is 2. The van der Waals surface area contributed by atoms with Gasteiger partial charge in [-0.2, -0.15) is 0 Å². The molecule has 2 aliphatic rings. The monoisotopic (exact) mass is 383 g/mol. The summed E-state index contributed by atoms with van der Waals surface area (Å²) in [7, 11) is 0. The Morgan fingerprint density at radius 1 is 1.35 bits per heavy atom. The average molecular weight is 384 g/mol. The van der Waals surface area contributed by atoms with Crippen molar-refractivity contribution in [3.63, 3.8) is 0 Å². The molecule has 0 N–H and O–H groups in total. The van der Waals surface area contributed by atoms with Gasteiger partial charge < -0.3 is 9.64 Å². The van der Waals surface area contributed by atoms with Gasteiger partial charge in [0.2, 0.25) is 0 Å². The Hall–Kier alpha value is -1.10. The number of nitrogens with zero attached hydrogens (tertiary/aromatic N) is 1. The summed E-state index contributed by atoms with van der Waals surface area (Å²) in [6, 6.07) is 5.14. The van der Waals surface area contributed by atoms with Crippen LogP contribution in [0.5, 0.6) is 0 Å². The lowest BCUT2D eigenvalue weighted by Gasteiger charge is -2.48. The molecule has 23 heavy (non-hydrogen) atoms. The van der Waals surface area contributed by atoms with Gasteiger partial charge in [-0.15, -0.1) is 0 Å². The maximum Gasteiger partial charge on any atom is 0.410 e. The summed E-state index contributed by atoms with van der Waals surface area (Å²) in [6.45, 7) is 7.17. The molecule has 1 saturated heterocycles. The highest BCUT2D eigenvalue weighted by molar-refractivity contribution is 9.10. The molecule has 1 aromatic carbocycles. The molecule has 1 spiro atoms. The maximum atomic E-state index is 13.6. The molecule has 1 saturated carbocycles. The average Bonchev–Trinajstić information content (AvgIpc) is 2.78. The van der Waals surface area contributed by atoms with Gasteiger partial charge in [0.15, 0.2) is 0 Å². The smallest absolute Gasteiger partial charge is 0.410 e. The summed E-state index contributed by atoms with van der Waals surface area (Å²) in [5.74, 6) is 0.183. The molecule has 1 amide bonds. The molecule has 126 valence electrons. The highest BCUT2D eigenvalue weighted by Gasteiger charge is 2.50. The molecule has 3 nitrogen and oxygen atoms in total. The van der Waals surface area contributed by atoms with E-state index in [1.807, 2.05) is 26.8 Å². The minimum Gasteiger partial charge on any atom is -0.444 e. The molecule has 0 aromatic heterocycles. The van der Waals surface area contributed by atoms with E-state index in [4.69, 9.17) is 4.74 Å². The fourth-order valence-electron chi connectivity index (χ4n) is 3.81. The van der Waals surface area contributed by atoms with Crippen molar-refractivity contribution < 1.29 is 13.9 Å². The normalized spacial score (nSPS) is 23.0. The van der Waals surface area contributed by atoms with Crippen molar-refractivity contribution in [1.82, 2.24) is 4.90 Å². The van der Waals surface area contributed by atoms with Gasteiger partial charge in [-0.1, -0.05) is 15.9 Å². The zero-order valence-corrected chi connectivity index (χ0v) is 15.5. The number of carbonyl (C=O) groups is 1. The van der Waals surface area contributed by atoms with Crippen LogP contribution in [0.1, 0.15) is 51.5 Å². The SMILES string of the molecule is CC(C)(C)OC(=O)N1CC2(CC[C@@H](c3cc(F)cc(Br)c3)C2)C1. The number of likely N-dealkylation sites (tertiary alicyclic amines) is 1. The number of amides is 1. The van der Waals surface area contributed by atoms with Crippen LogP contribution in [0, 0.1) is 11.2 Å². The van der Waals surface area contributed by atoms with Gasteiger partial charge in [0.05, 0.1) is 0 Å². The Labute approximate surface area is 145 Å². The summed E-state index contributed by atoms with van der Waals surface area (Å²) in [6.07, 6.45) is 2.94. The predicted octanol–water partition coefficient (Wildman–Crippen LogP) is 5.09. The van der Waals surface area contributed by atoms with Crippen LogP contribution in [0.4, 0.5) is 9.18 Å². The predicted molar refractivity (Wildman–Crippen MR) is 90.9 cm³/mol. The third-order valence-corrected chi connectivity index (χ3v) is 5.22. The van der Waals surface area contributed by atoms with E-state index in [2.05, 4.69) is 15.9 Å². The molecule has 1 heterocycles. The Balaban J connectivity index is 1.60. The van der Waals surface area contributed by atoms with E-state index in [9.17, 15) is 9.18 Å². The first kappa shape index (κ1) is 16.7. The van der Waals surface area contributed by atoms with Crippen LogP contribution in [0.25, 0.3) is 0 Å². The number of rotatable bonds is 1. The van der Waals surface area contributed by atoms with E-state index in [0.717, 1.165) is 42.4 Å². The first-order valence-electron chi connectivity index (χ1n) is 8.10. The summed E-state index contributed by atoms with van der Waals surface area (Å²) >= 11 is 3.37. The maximum absolute atomic E-state index is 13.6. The van der Waals surface area contributed by atoms with Crippen molar-refractivity contribution in [2.45, 2.75) is 51.6 Å². The van der Waals surface area contributed by atoms with E-state index in [0.29, 0.717) is 5.92 Å². The fourth-order valence-corrected chi connectivity index (χ4v) is 4.29. The molecule has 1 aliphatic heterocycles. The lowest BCUT2D eigenvalue weighted by Crippen LogP contribution is -2.58. The molecule has 0 unspecified atom stereocenters. The van der Waals surface area contributed by atoms with Crippen molar-refractivity contribution in [1.29, 1.82) is 0 Å². The zero-order valence-electron chi connectivity index (χ0n) is 13.9. The minimum atomic E-state index is -0.452. The lowest BCUT2D eigenvalue weighted by atomic mass is 9.77. The number of hydrogen-bond acceptors (Lipinski definition) is 2. The number of benzene rings is 1. The van der Waals surface area contributed by atoms with Gasteiger partial charge in [0, 0.05) is 23.0 Å². The third kappa shape index (κ3) is 3.70. The van der Waals surface area contributed by atoms with Crippen LogP contribution in [-0.2, 0) is 4.74 Å². The van der Waals surface area contributed by atoms with E-state index >= 15 is 0 Å². The molecule has 5 heteroatoms. The van der Waals surface area contributed by atoms with E-state index in [-0.39, 0.29) is 17.3 Å². The van der Waals surface area contributed by atoms with Gasteiger partial charge in [0.1, 0.15) is 11.4 Å². The largest absolute Gasteiger partial charge is 0.444 e. The molecular formula is C18H23BrFNO2. The zero-order chi connectivity index (χ0) is 16.8. The second kappa shape index (κ2) is 5.76. The van der Waals surface area contributed by atoms with Crippen molar-refractivity contribution in [3.05, 3.63) is 34.1 Å². The van der Waals surface area contributed by atoms with Gasteiger partial charge in [-0.05, 0) is 69.7 Å². The van der Waals surface area contributed by atoms with Crippen molar-refractivity contribution in [2.75, 3.05) is 13.1 Å². The van der Waals surface area contributed by atoms with Gasteiger partial charge >= 0.3 is 6.09 Å². The molecular weight excluding hydrogens is 361 g/mol. The molecule has 0 radical (unpaired) electrons. The second-order valence-electron chi connectivity index (χ2n) is 7.98. The van der Waals surface area contributed by atoms with E-state index in [1.165, 1.54) is 6.07 Å². The first-order chi connectivity index (χ1) is 10.7. The van der Waals surface area contributed by atoms with E-state index < -0.39 is 5.60 Å². The molecule has 1 aliphatic carbocycles. The standard InChI is InChI=1S/C18H23BrFNO2/c1-17(2,3)23-16(22)21-10-18(11-21)5-4-12(9-18)13-6-14(19)8-15(20)7-13/h6-8,12H,4-5,9-11H2,1-3H3/t12-/m1/s1. The lowest BCUT2D eigenvalue weighted by molar-refractivity contribution is -0.0323. The topological polar surface area (TPSA) is 29.5 Å². The van der Waals surface area contributed by atoms with Gasteiger partial charge in [-0.25, -0.2) is 9.18 Å². The Morgan fingerprint density at radius 2 is 2.04 bits per heavy atom. The third-order valence-electron chi connectivity index (χ3n) is 4.76. The molecule has 1 aromatic rings. The second-order valence-corrected chi connectivity index (χ2v) is 8.89. The summed E-state index contributed by atoms with van der Waals surface area (Å²) in [5, 5.41) is 0. The van der Waals surface area contributed by atoms with Crippen molar-refractivity contribution >= 4 is 22.0 Å². The Bertz CT molecular complexity index is 600. The summed E-state index contributed by atoms with van der Waals surface area (Å²) in [5.41, 5.74) is 0.802. The molecule has 3 rings (SSSR count). The molecule has 2 fully saturated rings. The first-order valence-corrected chi connectivity index (χ1v) is 8.89. The number of hydrogen-bond donors (Lipinski definition) is 0. The highest BCUT2D eigenvalue weighted by Crippen LogP contribution is 2.52. The van der Waals surface area contributed by atoms with Crippen LogP contribution < -0.4 is 0 Å². The quantitative estimate of drug-likeness (QED) is 0.675. The van der Waals surface area contributed by atoms with Crippen molar-refractivity contribution in [2.24, 2.45) is 5.41 Å². The summed E-state index contributed by atoms with van der Waals surface area (Å²) < 4.78 is 19.8. The van der Waals surface area contributed by atoms with E-state index in [1.54, 1.807) is 11.0 Å². The fraction of sp³-hybridized carbons (Fsp3) is 0.611. The van der Waals surface area contributed by atoms with Gasteiger partial charge in [0.25, 0.3) is 0 Å².